The van der Waals surface area contributed by atoms with Gasteiger partial charge in [-0.05, 0) is 38.1 Å². The Morgan fingerprint density at radius 2 is 1.96 bits per heavy atom. The summed E-state index contributed by atoms with van der Waals surface area (Å²) < 4.78 is 60.9. The van der Waals surface area contributed by atoms with Gasteiger partial charge in [-0.25, -0.2) is 4.39 Å². The molecule has 1 heterocycles. The summed E-state index contributed by atoms with van der Waals surface area (Å²) in [6, 6.07) is 2.48. The number of nitrogens with one attached hydrogen (secondary N) is 1. The molecule has 0 fully saturated rings. The molecule has 0 unspecified atom stereocenters. The Balaban J connectivity index is 2.41. The molecule has 1 N–H and O–H groups in total. The third kappa shape index (κ3) is 5.47. The maximum absolute atomic E-state index is 15.0. The van der Waals surface area contributed by atoms with Gasteiger partial charge < -0.3 is 9.64 Å². The van der Waals surface area contributed by atoms with E-state index in [1.165, 1.54) is 18.3 Å². The van der Waals surface area contributed by atoms with Crippen molar-refractivity contribution in [1.82, 2.24) is 15.1 Å². The van der Waals surface area contributed by atoms with E-state index in [0.29, 0.717) is 12.1 Å². The van der Waals surface area contributed by atoms with Crippen LogP contribution in [-0.4, -0.2) is 35.3 Å². The Morgan fingerprint density at radius 3 is 2.57 bits per heavy atom. The quantitative estimate of drug-likeness (QED) is 0.564. The number of hydrogen-bond donors (Lipinski definition) is 1. The summed E-state index contributed by atoms with van der Waals surface area (Å²) in [5.41, 5.74) is -0.658. The van der Waals surface area contributed by atoms with Crippen LogP contribution in [0.5, 0.6) is 5.75 Å². The van der Waals surface area contributed by atoms with E-state index in [9.17, 15) is 17.6 Å². The van der Waals surface area contributed by atoms with Crippen LogP contribution in [0.15, 0.2) is 18.3 Å². The molecule has 0 aliphatic heterocycles. The Hall–Kier alpha value is -2.09. The summed E-state index contributed by atoms with van der Waals surface area (Å²) >= 11 is 0. The van der Waals surface area contributed by atoms with E-state index in [0.717, 1.165) is 19.4 Å². The van der Waals surface area contributed by atoms with Gasteiger partial charge in [0.1, 0.15) is 17.1 Å². The lowest BCUT2D eigenvalue weighted by Gasteiger charge is -2.19. The van der Waals surface area contributed by atoms with Gasteiger partial charge in [-0.3, -0.25) is 5.10 Å². The third-order valence-electron chi connectivity index (χ3n) is 4.28. The van der Waals surface area contributed by atoms with Crippen molar-refractivity contribution in [2.75, 3.05) is 20.2 Å². The molecule has 0 saturated heterocycles. The van der Waals surface area contributed by atoms with Gasteiger partial charge in [0, 0.05) is 17.7 Å². The van der Waals surface area contributed by atoms with Crippen LogP contribution in [0, 0.1) is 11.7 Å². The number of hydrogen-bond acceptors (Lipinski definition) is 3. The minimum atomic E-state index is -4.87. The van der Waals surface area contributed by atoms with E-state index in [1.54, 1.807) is 0 Å². The molecule has 0 aliphatic rings. The lowest BCUT2D eigenvalue weighted by molar-refractivity contribution is -0.141. The normalized spacial score (nSPS) is 12.2. The van der Waals surface area contributed by atoms with Gasteiger partial charge in [0.25, 0.3) is 0 Å². The molecule has 2 aromatic rings. The van der Waals surface area contributed by atoms with Gasteiger partial charge in [0.2, 0.25) is 0 Å². The molecule has 8 heteroatoms. The van der Waals surface area contributed by atoms with Crippen molar-refractivity contribution >= 4 is 0 Å². The summed E-state index contributed by atoms with van der Waals surface area (Å²) in [6.07, 6.45) is -1.32. The zero-order chi connectivity index (χ0) is 20.9. The highest BCUT2D eigenvalue weighted by atomic mass is 19.4. The highest BCUT2D eigenvalue weighted by molar-refractivity contribution is 5.66. The number of nitrogens with zero attached hydrogens (tertiary/aromatic N) is 2. The fourth-order valence-corrected chi connectivity index (χ4v) is 2.85. The fourth-order valence-electron chi connectivity index (χ4n) is 2.85. The van der Waals surface area contributed by atoms with Crippen molar-refractivity contribution in [3.63, 3.8) is 0 Å². The lowest BCUT2D eigenvalue weighted by Crippen LogP contribution is -2.19. The molecule has 0 saturated carbocycles. The van der Waals surface area contributed by atoms with Gasteiger partial charge in [0.15, 0.2) is 0 Å². The molecule has 1 aromatic heterocycles. The van der Waals surface area contributed by atoms with E-state index in [4.69, 9.17) is 4.74 Å². The van der Waals surface area contributed by atoms with Crippen molar-refractivity contribution in [2.45, 2.75) is 46.3 Å². The second-order valence-corrected chi connectivity index (χ2v) is 7.36. The molecule has 156 valence electrons. The smallest absolute Gasteiger partial charge is 0.422 e. The van der Waals surface area contributed by atoms with Crippen molar-refractivity contribution in [2.24, 2.45) is 5.92 Å². The van der Waals surface area contributed by atoms with Crippen LogP contribution in [0.2, 0.25) is 0 Å². The first kappa shape index (κ1) is 22.2. The molecular weight excluding hydrogens is 374 g/mol. The zero-order valence-electron chi connectivity index (χ0n) is 16.7. The maximum atomic E-state index is 15.0. The van der Waals surface area contributed by atoms with Crippen molar-refractivity contribution in [3.05, 3.63) is 35.3 Å². The molecule has 0 bridgehead atoms. The third-order valence-corrected chi connectivity index (χ3v) is 4.28. The molecule has 0 radical (unpaired) electrons. The van der Waals surface area contributed by atoms with Crippen molar-refractivity contribution in [1.29, 1.82) is 0 Å². The monoisotopic (exact) mass is 401 g/mol. The predicted molar refractivity (Wildman–Crippen MR) is 101 cm³/mol. The van der Waals surface area contributed by atoms with E-state index in [2.05, 4.69) is 17.1 Å². The Morgan fingerprint density at radius 1 is 1.25 bits per heavy atom. The van der Waals surface area contributed by atoms with Gasteiger partial charge in [-0.15, -0.1) is 0 Å². The number of alkyl halides is 3. The topological polar surface area (TPSA) is 41.2 Å². The number of H-pyrrole nitrogens is 1. The Bertz CT molecular complexity index is 771. The molecule has 4 nitrogen and oxygen atoms in total. The van der Waals surface area contributed by atoms with Crippen LogP contribution in [0.4, 0.5) is 17.6 Å². The largest absolute Gasteiger partial charge is 0.493 e. The van der Waals surface area contributed by atoms with Crippen LogP contribution in [0.1, 0.15) is 44.7 Å². The van der Waals surface area contributed by atoms with Gasteiger partial charge >= 0.3 is 6.18 Å². The molecule has 0 spiro atoms. The minimum Gasteiger partial charge on any atom is -0.493 e. The lowest BCUT2D eigenvalue weighted by atomic mass is 10.0. The summed E-state index contributed by atoms with van der Waals surface area (Å²) in [5, 5.41) is 6.56. The Kier molecular flexibility index (Phi) is 7.46. The van der Waals surface area contributed by atoms with E-state index >= 15 is 0 Å². The standard InChI is InChI=1S/C20H27F4N3O/c1-5-6-9-27(4)11-14-10-25-26-19(14)15-7-8-16(28-12-13(2)3)17(18(15)21)20(22,23)24/h7-8,10,13H,5-6,9,11-12H2,1-4H3,(H,25,26). The van der Waals surface area contributed by atoms with Crippen LogP contribution in [-0.2, 0) is 12.7 Å². The van der Waals surface area contributed by atoms with Crippen LogP contribution in [0.25, 0.3) is 11.3 Å². The number of aromatic amines is 1. The molecule has 0 atom stereocenters. The Labute approximate surface area is 162 Å². The number of unbranched alkanes of at least 4 members (excludes halogenated alkanes) is 1. The highest BCUT2D eigenvalue weighted by Gasteiger charge is 2.39. The van der Waals surface area contributed by atoms with E-state index in [-0.39, 0.29) is 23.8 Å². The summed E-state index contributed by atoms with van der Waals surface area (Å²) in [5.74, 6) is -1.83. The SMILES string of the molecule is CCCCN(C)Cc1cn[nH]c1-c1ccc(OCC(C)C)c(C(F)(F)F)c1F. The zero-order valence-corrected chi connectivity index (χ0v) is 16.7. The first-order valence-electron chi connectivity index (χ1n) is 9.38. The average Bonchev–Trinajstić information content (AvgIpc) is 3.04. The molecule has 1 aromatic carbocycles. The minimum absolute atomic E-state index is 0.0155. The summed E-state index contributed by atoms with van der Waals surface area (Å²) in [4.78, 5) is 2.03. The number of ether oxygens (including phenoxy) is 1. The molecule has 28 heavy (non-hydrogen) atoms. The van der Waals surface area contributed by atoms with Crippen molar-refractivity contribution < 1.29 is 22.3 Å². The fraction of sp³-hybridized carbons (Fsp3) is 0.550. The first-order chi connectivity index (χ1) is 13.1. The molecule has 0 aliphatic carbocycles. The van der Waals surface area contributed by atoms with E-state index in [1.807, 2.05) is 25.8 Å². The average molecular weight is 401 g/mol. The van der Waals surface area contributed by atoms with Crippen molar-refractivity contribution in [3.8, 4) is 17.0 Å². The number of halogens is 4. The molecule has 2 rings (SSSR count). The number of rotatable bonds is 9. The second-order valence-electron chi connectivity index (χ2n) is 7.36. The van der Waals surface area contributed by atoms with Gasteiger partial charge in [-0.2, -0.15) is 18.3 Å². The van der Waals surface area contributed by atoms with Crippen LogP contribution < -0.4 is 4.74 Å². The summed E-state index contributed by atoms with van der Waals surface area (Å²) in [6.45, 7) is 7.05. The van der Waals surface area contributed by atoms with Crippen LogP contribution in [0.3, 0.4) is 0 Å². The maximum Gasteiger partial charge on any atom is 0.422 e. The second kappa shape index (κ2) is 9.41. The molecular formula is C20H27F4N3O. The van der Waals surface area contributed by atoms with E-state index < -0.39 is 23.3 Å². The van der Waals surface area contributed by atoms with Gasteiger partial charge in [0.05, 0.1) is 18.5 Å². The predicted octanol–water partition coefficient (Wildman–Crippen LogP) is 5.50. The first-order valence-corrected chi connectivity index (χ1v) is 9.38. The number of aromatic nitrogens is 2. The molecule has 0 amide bonds. The highest BCUT2D eigenvalue weighted by Crippen LogP contribution is 2.42. The van der Waals surface area contributed by atoms with Crippen LogP contribution >= 0.6 is 0 Å². The van der Waals surface area contributed by atoms with Gasteiger partial charge in [-0.1, -0.05) is 27.2 Å². The number of benzene rings is 1. The summed E-state index contributed by atoms with van der Waals surface area (Å²) in [7, 11) is 1.91.